The molecule has 0 saturated carbocycles. The Kier molecular flexibility index (Phi) is 13.0. The number of thiazole rings is 1. The largest absolute Gasteiger partial charge is 0.506 e. The fraction of sp³-hybridized carbons (Fsp3) is 0.409. The highest BCUT2D eigenvalue weighted by Crippen LogP contribution is 2.27. The van der Waals surface area contributed by atoms with Crippen LogP contribution in [-0.2, 0) is 22.7 Å². The molecule has 3 rings (SSSR count). The van der Waals surface area contributed by atoms with Gasteiger partial charge in [-0.25, -0.2) is 8.42 Å². The number of aromatic amines is 1. The molecule has 3 aromatic rings. The molecule has 0 aliphatic heterocycles. The third-order valence-electron chi connectivity index (χ3n) is 5.04. The molecule has 0 atom stereocenters. The molecule has 0 unspecified atom stereocenters. The van der Waals surface area contributed by atoms with Gasteiger partial charge >= 0.3 is 4.87 Å². The van der Waals surface area contributed by atoms with Crippen molar-refractivity contribution < 1.29 is 13.5 Å². The van der Waals surface area contributed by atoms with E-state index in [2.05, 4.69) is 27.8 Å². The summed E-state index contributed by atoms with van der Waals surface area (Å²) in [7, 11) is -3.06. The Morgan fingerprint density at radius 2 is 1.58 bits per heavy atom. The number of aromatic hydroxyl groups is 1. The van der Waals surface area contributed by atoms with Gasteiger partial charge in [0.05, 0.1) is 16.2 Å². The maximum atomic E-state index is 12.2. The van der Waals surface area contributed by atoms with Crippen molar-refractivity contribution in [3.63, 3.8) is 0 Å². The van der Waals surface area contributed by atoms with Gasteiger partial charge in [-0.15, -0.1) is 24.8 Å². The molecule has 0 radical (unpaired) electrons. The molecule has 0 bridgehead atoms. The average Bonchev–Trinajstić information content (AvgIpc) is 3.15. The van der Waals surface area contributed by atoms with Crippen molar-refractivity contribution in [1.29, 1.82) is 0 Å². The predicted molar refractivity (Wildman–Crippen MR) is 141 cm³/mol. The van der Waals surface area contributed by atoms with E-state index < -0.39 is 9.84 Å². The summed E-state index contributed by atoms with van der Waals surface area (Å²) >= 11 is 1.09. The fourth-order valence-corrected chi connectivity index (χ4v) is 5.51. The number of halogens is 2. The Balaban J connectivity index is 0.00000272. The molecule has 33 heavy (non-hydrogen) atoms. The zero-order valence-electron chi connectivity index (χ0n) is 18.2. The SMILES string of the molecule is Cl.Cl.O=c1[nH]c2c(O)ccc(CCNCCCS(=O)(=O)CCNCCc3ccccc3)c2s1. The van der Waals surface area contributed by atoms with Crippen LogP contribution in [0.2, 0.25) is 0 Å². The number of benzene rings is 2. The van der Waals surface area contributed by atoms with Gasteiger partial charge in [-0.3, -0.25) is 4.79 Å². The number of phenols is 1. The molecule has 0 saturated heterocycles. The zero-order valence-corrected chi connectivity index (χ0v) is 21.5. The summed E-state index contributed by atoms with van der Waals surface area (Å²) in [5, 5.41) is 16.3. The molecule has 0 amide bonds. The standard InChI is InChI=1S/C22H29N3O4S2.2ClH/c26-19-8-7-18(21-20(19)25-22(27)30-21)10-13-23-11-4-15-31(28,29)16-14-24-12-9-17-5-2-1-3-6-17;;/h1-3,5-8,23-24,26H,4,9-16H2,(H,25,27);2*1H. The molecule has 1 aromatic heterocycles. The summed E-state index contributed by atoms with van der Waals surface area (Å²) in [5.41, 5.74) is 2.71. The molecular weight excluding hydrogens is 505 g/mol. The number of fused-ring (bicyclic) bond motifs is 1. The summed E-state index contributed by atoms with van der Waals surface area (Å²) in [5.74, 6) is 0.396. The van der Waals surface area contributed by atoms with Gasteiger partial charge < -0.3 is 20.7 Å². The van der Waals surface area contributed by atoms with E-state index >= 15 is 0 Å². The topological polar surface area (TPSA) is 111 Å². The number of aromatic nitrogens is 1. The smallest absolute Gasteiger partial charge is 0.305 e. The van der Waals surface area contributed by atoms with Crippen molar-refractivity contribution in [2.75, 3.05) is 37.7 Å². The average molecular weight is 537 g/mol. The van der Waals surface area contributed by atoms with Gasteiger partial charge in [-0.2, -0.15) is 0 Å². The maximum absolute atomic E-state index is 12.2. The van der Waals surface area contributed by atoms with Gasteiger partial charge in [0.15, 0.2) is 9.84 Å². The minimum atomic E-state index is -3.06. The van der Waals surface area contributed by atoms with Crippen LogP contribution in [0.15, 0.2) is 47.3 Å². The normalized spacial score (nSPS) is 11.2. The lowest BCUT2D eigenvalue weighted by atomic mass is 10.1. The van der Waals surface area contributed by atoms with Crippen LogP contribution in [0, 0.1) is 0 Å². The summed E-state index contributed by atoms with van der Waals surface area (Å²) in [6.45, 7) is 2.53. The fourth-order valence-electron chi connectivity index (χ4n) is 3.37. The molecule has 0 spiro atoms. The summed E-state index contributed by atoms with van der Waals surface area (Å²) in [6, 6.07) is 13.5. The van der Waals surface area contributed by atoms with Crippen molar-refractivity contribution >= 4 is 56.2 Å². The number of rotatable bonds is 13. The minimum absolute atomic E-state index is 0. The first-order chi connectivity index (χ1) is 14.9. The molecule has 7 nitrogen and oxygen atoms in total. The number of phenolic OH excluding ortho intramolecular Hbond substituents is 1. The quantitative estimate of drug-likeness (QED) is 0.250. The van der Waals surface area contributed by atoms with E-state index in [9.17, 15) is 18.3 Å². The van der Waals surface area contributed by atoms with E-state index in [4.69, 9.17) is 0 Å². The molecule has 4 N–H and O–H groups in total. The Labute approximate surface area is 210 Å². The second kappa shape index (κ2) is 14.6. The van der Waals surface area contributed by atoms with Gasteiger partial charge in [0.2, 0.25) is 0 Å². The molecule has 0 fully saturated rings. The maximum Gasteiger partial charge on any atom is 0.305 e. The first-order valence-corrected chi connectivity index (χ1v) is 13.1. The Bertz CT molecular complexity index is 1140. The lowest BCUT2D eigenvalue weighted by Gasteiger charge is -2.08. The van der Waals surface area contributed by atoms with Gasteiger partial charge in [-0.05, 0) is 56.1 Å². The first-order valence-electron chi connectivity index (χ1n) is 10.4. The van der Waals surface area contributed by atoms with E-state index in [1.165, 1.54) is 5.56 Å². The van der Waals surface area contributed by atoms with Crippen LogP contribution in [0.3, 0.4) is 0 Å². The predicted octanol–water partition coefficient (Wildman–Crippen LogP) is 2.91. The van der Waals surface area contributed by atoms with Crippen molar-refractivity contribution in [2.24, 2.45) is 0 Å². The van der Waals surface area contributed by atoms with Crippen LogP contribution in [0.5, 0.6) is 5.75 Å². The number of H-pyrrole nitrogens is 1. The minimum Gasteiger partial charge on any atom is -0.506 e. The number of hydrogen-bond donors (Lipinski definition) is 4. The Hall–Kier alpha value is -1.62. The van der Waals surface area contributed by atoms with Crippen LogP contribution < -0.4 is 15.5 Å². The number of hydrogen-bond acceptors (Lipinski definition) is 7. The van der Waals surface area contributed by atoms with Gasteiger partial charge in [0, 0.05) is 6.54 Å². The third-order valence-corrected chi connectivity index (χ3v) is 7.74. The zero-order chi connectivity index (χ0) is 22.1. The monoisotopic (exact) mass is 535 g/mol. The van der Waals surface area contributed by atoms with Crippen LogP contribution in [0.4, 0.5) is 0 Å². The van der Waals surface area contributed by atoms with E-state index in [1.807, 2.05) is 24.3 Å². The van der Waals surface area contributed by atoms with E-state index in [1.54, 1.807) is 6.07 Å². The van der Waals surface area contributed by atoms with Crippen LogP contribution >= 0.6 is 36.2 Å². The lowest BCUT2D eigenvalue weighted by molar-refractivity contribution is 0.480. The molecule has 0 aliphatic rings. The number of sulfone groups is 1. The summed E-state index contributed by atoms with van der Waals surface area (Å²) in [4.78, 5) is 14.0. The van der Waals surface area contributed by atoms with Crippen molar-refractivity contribution in [3.8, 4) is 5.75 Å². The van der Waals surface area contributed by atoms with Gasteiger partial charge in [0.1, 0.15) is 11.3 Å². The number of nitrogens with one attached hydrogen (secondary N) is 3. The van der Waals surface area contributed by atoms with Crippen LogP contribution in [0.1, 0.15) is 17.5 Å². The van der Waals surface area contributed by atoms with Gasteiger partial charge in [-0.1, -0.05) is 47.7 Å². The molecule has 0 aliphatic carbocycles. The highest BCUT2D eigenvalue weighted by molar-refractivity contribution is 7.91. The Morgan fingerprint density at radius 3 is 2.33 bits per heavy atom. The van der Waals surface area contributed by atoms with E-state index in [0.29, 0.717) is 38.0 Å². The molecule has 1 heterocycles. The molecular formula is C22H31Cl2N3O4S2. The first kappa shape index (κ1) is 29.4. The van der Waals surface area contributed by atoms with Crippen LogP contribution in [0.25, 0.3) is 10.2 Å². The van der Waals surface area contributed by atoms with Gasteiger partial charge in [0.25, 0.3) is 0 Å². The third kappa shape index (κ3) is 9.64. The highest BCUT2D eigenvalue weighted by atomic mass is 35.5. The Morgan fingerprint density at radius 1 is 0.879 bits per heavy atom. The highest BCUT2D eigenvalue weighted by Gasteiger charge is 2.11. The second-order valence-corrected chi connectivity index (χ2v) is 10.7. The van der Waals surface area contributed by atoms with Crippen molar-refractivity contribution in [2.45, 2.75) is 19.3 Å². The molecule has 11 heteroatoms. The van der Waals surface area contributed by atoms with Crippen LogP contribution in [-0.4, -0.2) is 56.2 Å². The van der Waals surface area contributed by atoms with E-state index in [0.717, 1.165) is 34.6 Å². The summed E-state index contributed by atoms with van der Waals surface area (Å²) < 4.78 is 25.1. The molecule has 2 aromatic carbocycles. The summed E-state index contributed by atoms with van der Waals surface area (Å²) in [6.07, 6.45) is 2.15. The van der Waals surface area contributed by atoms with Crippen molar-refractivity contribution in [3.05, 3.63) is 63.3 Å². The van der Waals surface area contributed by atoms with Crippen molar-refractivity contribution in [1.82, 2.24) is 15.6 Å². The van der Waals surface area contributed by atoms with E-state index in [-0.39, 0.29) is 46.9 Å². The second-order valence-electron chi connectivity index (χ2n) is 7.45. The lowest BCUT2D eigenvalue weighted by Crippen LogP contribution is -2.27. The molecule has 184 valence electrons.